The number of thioether (sulfide) groups is 1. The molecule has 0 aromatic heterocycles. The third-order valence-corrected chi connectivity index (χ3v) is 7.69. The zero-order valence-corrected chi connectivity index (χ0v) is 19.2. The molecule has 1 atom stereocenters. The molecule has 4 rings (SSSR count). The number of benzene rings is 1. The van der Waals surface area contributed by atoms with Gasteiger partial charge in [0.15, 0.2) is 11.5 Å². The second kappa shape index (κ2) is 9.41. The lowest BCUT2D eigenvalue weighted by molar-refractivity contribution is -0.132. The summed E-state index contributed by atoms with van der Waals surface area (Å²) >= 11 is 1.61. The number of nitriles is 1. The molecule has 1 amide bonds. The number of allylic oxidation sites excluding steroid dienone is 1. The second-order valence-electron chi connectivity index (χ2n) is 8.15. The zero-order chi connectivity index (χ0) is 22.0. The van der Waals surface area contributed by atoms with Gasteiger partial charge in [-0.05, 0) is 18.9 Å². The minimum atomic E-state index is -0.368. The third-order valence-electron chi connectivity index (χ3n) is 6.52. The van der Waals surface area contributed by atoms with Crippen LogP contribution in [0.1, 0.15) is 50.0 Å². The molecule has 1 aliphatic carbocycles. The summed E-state index contributed by atoms with van der Waals surface area (Å²) in [6.45, 7) is 0.576. The van der Waals surface area contributed by atoms with Crippen molar-refractivity contribution >= 4 is 17.7 Å². The Hall–Kier alpha value is -2.37. The van der Waals surface area contributed by atoms with Crippen LogP contribution in [0.3, 0.4) is 0 Å². The van der Waals surface area contributed by atoms with Gasteiger partial charge < -0.3 is 14.2 Å². The highest BCUT2D eigenvalue weighted by molar-refractivity contribution is 8.03. The summed E-state index contributed by atoms with van der Waals surface area (Å²) in [5, 5.41) is 10.9. The monoisotopic (exact) mass is 443 g/mol. The summed E-state index contributed by atoms with van der Waals surface area (Å²) in [5.74, 6) is 2.17. The number of carbonyl (C=O) groups is 1. The van der Waals surface area contributed by atoms with Crippen LogP contribution in [0.15, 0.2) is 22.7 Å². The number of nitrogens with zero attached hydrogens (tertiary/aromatic N) is 3. The van der Waals surface area contributed by atoms with Crippen LogP contribution in [-0.2, 0) is 4.79 Å². The van der Waals surface area contributed by atoms with E-state index in [0.717, 1.165) is 16.5 Å². The van der Waals surface area contributed by atoms with E-state index in [9.17, 15) is 10.1 Å². The maximum absolute atomic E-state index is 13.2. The summed E-state index contributed by atoms with van der Waals surface area (Å²) in [7, 11) is 4.72. The van der Waals surface area contributed by atoms with Gasteiger partial charge >= 0.3 is 0 Å². The standard InChI is InChI=1S/C23H29N3O4S/c1-28-19-11-21(30-3)20(29-2)9-17(19)16-10-22(27)26-13-25(15-7-5-4-6-8-15)14-31-23(26)18(16)12-24/h9,11,15-16H,4-8,10,13-14H2,1-3H3/t16-/m0/s1. The van der Waals surface area contributed by atoms with Crippen molar-refractivity contribution in [2.24, 2.45) is 0 Å². The van der Waals surface area contributed by atoms with Crippen molar-refractivity contribution in [3.05, 3.63) is 28.3 Å². The number of methoxy groups -OCH3 is 3. The predicted molar refractivity (Wildman–Crippen MR) is 119 cm³/mol. The minimum Gasteiger partial charge on any atom is -0.496 e. The van der Waals surface area contributed by atoms with Crippen LogP contribution in [0.5, 0.6) is 17.2 Å². The summed E-state index contributed by atoms with van der Waals surface area (Å²) in [5.41, 5.74) is 1.39. The van der Waals surface area contributed by atoms with Crippen LogP contribution < -0.4 is 14.2 Å². The van der Waals surface area contributed by atoms with Gasteiger partial charge in [-0.2, -0.15) is 5.26 Å². The van der Waals surface area contributed by atoms with Crippen molar-refractivity contribution in [2.75, 3.05) is 33.9 Å². The molecular weight excluding hydrogens is 414 g/mol. The second-order valence-corrected chi connectivity index (χ2v) is 9.09. The van der Waals surface area contributed by atoms with Crippen molar-refractivity contribution < 1.29 is 19.0 Å². The molecule has 3 aliphatic rings. The van der Waals surface area contributed by atoms with Gasteiger partial charge in [-0.1, -0.05) is 31.0 Å². The van der Waals surface area contributed by atoms with Crippen LogP contribution in [-0.4, -0.2) is 55.6 Å². The van der Waals surface area contributed by atoms with Gasteiger partial charge in [0.05, 0.1) is 50.5 Å². The van der Waals surface area contributed by atoms with Gasteiger partial charge in [-0.15, -0.1) is 0 Å². The topological polar surface area (TPSA) is 75.0 Å². The molecule has 1 saturated carbocycles. The van der Waals surface area contributed by atoms with E-state index in [1.165, 1.54) is 32.1 Å². The van der Waals surface area contributed by atoms with Gasteiger partial charge in [0.25, 0.3) is 0 Å². The SMILES string of the molecule is COc1cc(OC)c([C@@H]2CC(=O)N3CN(C4CCCCC4)CSC3=C2C#N)cc1OC. The van der Waals surface area contributed by atoms with Gasteiger partial charge in [0.2, 0.25) is 5.91 Å². The molecule has 1 aromatic rings. The molecule has 0 radical (unpaired) electrons. The lowest BCUT2D eigenvalue weighted by atomic mass is 9.85. The summed E-state index contributed by atoms with van der Waals surface area (Å²) in [6, 6.07) is 6.51. The van der Waals surface area contributed by atoms with E-state index in [0.29, 0.717) is 35.5 Å². The molecule has 2 heterocycles. The van der Waals surface area contributed by atoms with Crippen molar-refractivity contribution in [1.82, 2.24) is 9.80 Å². The van der Waals surface area contributed by atoms with Crippen molar-refractivity contribution in [3.8, 4) is 23.3 Å². The molecule has 2 fully saturated rings. The Balaban J connectivity index is 1.68. The quantitative estimate of drug-likeness (QED) is 0.679. The highest BCUT2D eigenvalue weighted by atomic mass is 32.2. The molecule has 1 aromatic carbocycles. The Morgan fingerprint density at radius 2 is 1.71 bits per heavy atom. The lowest BCUT2D eigenvalue weighted by Gasteiger charge is -2.44. The molecule has 0 bridgehead atoms. The fraction of sp³-hybridized carbons (Fsp3) is 0.565. The van der Waals surface area contributed by atoms with Gasteiger partial charge in [-0.3, -0.25) is 14.6 Å². The van der Waals surface area contributed by atoms with E-state index in [-0.39, 0.29) is 18.2 Å². The molecule has 2 aliphatic heterocycles. The molecule has 1 saturated heterocycles. The summed E-state index contributed by atoms with van der Waals surface area (Å²) in [6.07, 6.45) is 6.44. The van der Waals surface area contributed by atoms with Crippen molar-refractivity contribution in [3.63, 3.8) is 0 Å². The molecule has 31 heavy (non-hydrogen) atoms. The Morgan fingerprint density at radius 3 is 2.35 bits per heavy atom. The van der Waals surface area contributed by atoms with E-state index in [2.05, 4.69) is 11.0 Å². The molecular formula is C23H29N3O4S. The first-order chi connectivity index (χ1) is 15.1. The summed E-state index contributed by atoms with van der Waals surface area (Å²) < 4.78 is 16.4. The Kier molecular flexibility index (Phi) is 6.63. The average molecular weight is 444 g/mol. The van der Waals surface area contributed by atoms with Crippen LogP contribution in [0.4, 0.5) is 0 Å². The number of ether oxygens (including phenoxy) is 3. The number of rotatable bonds is 5. The van der Waals surface area contributed by atoms with E-state index in [1.54, 1.807) is 39.2 Å². The highest BCUT2D eigenvalue weighted by Crippen LogP contribution is 2.47. The maximum Gasteiger partial charge on any atom is 0.229 e. The molecule has 0 spiro atoms. The number of hydrogen-bond donors (Lipinski definition) is 0. The van der Waals surface area contributed by atoms with E-state index in [1.807, 2.05) is 11.0 Å². The maximum atomic E-state index is 13.2. The van der Waals surface area contributed by atoms with Crippen LogP contribution >= 0.6 is 11.8 Å². The third kappa shape index (κ3) is 4.09. The zero-order valence-electron chi connectivity index (χ0n) is 18.3. The summed E-state index contributed by atoms with van der Waals surface area (Å²) in [4.78, 5) is 17.4. The molecule has 0 N–H and O–H groups in total. The van der Waals surface area contributed by atoms with Crippen molar-refractivity contribution in [1.29, 1.82) is 5.26 Å². The Morgan fingerprint density at radius 1 is 1.03 bits per heavy atom. The normalized spacial score (nSPS) is 22.7. The number of carbonyl (C=O) groups excluding carboxylic acids is 1. The lowest BCUT2D eigenvalue weighted by Crippen LogP contribution is -2.51. The molecule has 7 nitrogen and oxygen atoms in total. The van der Waals surface area contributed by atoms with Crippen LogP contribution in [0.25, 0.3) is 0 Å². The first-order valence-corrected chi connectivity index (χ1v) is 11.7. The number of hydrogen-bond acceptors (Lipinski definition) is 7. The fourth-order valence-corrected chi connectivity index (χ4v) is 6.08. The Labute approximate surface area is 187 Å². The largest absolute Gasteiger partial charge is 0.496 e. The fourth-order valence-electron chi connectivity index (χ4n) is 4.84. The molecule has 0 unspecified atom stereocenters. The smallest absolute Gasteiger partial charge is 0.229 e. The number of amides is 1. The molecule has 8 heteroatoms. The first kappa shape index (κ1) is 21.8. The predicted octanol–water partition coefficient (Wildman–Crippen LogP) is 4.06. The molecule has 166 valence electrons. The number of fused-ring (bicyclic) bond motifs is 1. The average Bonchev–Trinajstić information content (AvgIpc) is 2.83. The minimum absolute atomic E-state index is 0.0452. The van der Waals surface area contributed by atoms with E-state index < -0.39 is 0 Å². The first-order valence-electron chi connectivity index (χ1n) is 10.7. The van der Waals surface area contributed by atoms with E-state index in [4.69, 9.17) is 14.2 Å². The van der Waals surface area contributed by atoms with Crippen molar-refractivity contribution in [2.45, 2.75) is 50.5 Å². The van der Waals surface area contributed by atoms with Gasteiger partial charge in [0.1, 0.15) is 5.75 Å². The van der Waals surface area contributed by atoms with E-state index >= 15 is 0 Å². The van der Waals surface area contributed by atoms with Gasteiger partial charge in [0, 0.05) is 30.0 Å². The van der Waals surface area contributed by atoms with Gasteiger partial charge in [-0.25, -0.2) is 0 Å². The van der Waals surface area contributed by atoms with Crippen LogP contribution in [0, 0.1) is 11.3 Å². The Bertz CT molecular complexity index is 920. The highest BCUT2D eigenvalue weighted by Gasteiger charge is 2.40. The van der Waals surface area contributed by atoms with Crippen LogP contribution in [0.2, 0.25) is 0 Å².